The first-order valence-electron chi connectivity index (χ1n) is 54.0. The highest BCUT2D eigenvalue weighted by atomic mass is 32.2. The Bertz CT molecular complexity index is 2750. The normalized spacial score (nSPS) is 12.7. The SMILES string of the molecule is C.C.C.C.CC(C)(C)C(=O)CCC(N)C(=O)C(C)(C)C.CC(C)(C)CCCNC(C)(C)C.CC(C)(C)CCCOC(C)(C)C.CC(C)(C)CCCOCCCC(C)(C)C.CC(C)(C)CCCSCCCC(C)(C)C.CC(C)(C)OCC(O)COC(C)(C)C.CC(C)(C)OCCCNC(=O)C(C)(C)C.CC(C)CC(=O)OC(C)C.CC(OC(=O)C(C)C)OC(=O)C(C)C.CN(CCCC(C)(C)C)CCCC(C)(C)C. The van der Waals surface area contributed by atoms with Gasteiger partial charge in [0.25, 0.3) is 0 Å². The van der Waals surface area contributed by atoms with Crippen molar-refractivity contribution in [1.82, 2.24) is 15.5 Å². The molecule has 0 aromatic rings. The summed E-state index contributed by atoms with van der Waals surface area (Å²) in [5.74, 6) is 2.12. The minimum atomic E-state index is -0.806. The first-order valence-corrected chi connectivity index (χ1v) is 55.2. The maximum Gasteiger partial charge on any atom is 0.311 e. The fourth-order valence-corrected chi connectivity index (χ4v) is 12.1. The highest BCUT2D eigenvalue weighted by Gasteiger charge is 2.30. The van der Waals surface area contributed by atoms with E-state index in [9.17, 15) is 33.9 Å². The van der Waals surface area contributed by atoms with Gasteiger partial charge >= 0.3 is 17.9 Å². The van der Waals surface area contributed by atoms with Crippen LogP contribution < -0.4 is 16.4 Å². The Kier molecular flexibility index (Phi) is 99.9. The highest BCUT2D eigenvalue weighted by molar-refractivity contribution is 7.99. The summed E-state index contributed by atoms with van der Waals surface area (Å²) < 4.78 is 42.3. The summed E-state index contributed by atoms with van der Waals surface area (Å²) in [7, 11) is 2.26. The van der Waals surface area contributed by atoms with Gasteiger partial charge in [-0.1, -0.05) is 300 Å². The molecule has 0 heterocycles. The van der Waals surface area contributed by atoms with E-state index in [1.807, 2.05) is 152 Å². The average Bonchev–Trinajstić information content (AvgIpc) is 0.868. The molecule has 1 atom stereocenters. The molecule has 20 heteroatoms. The predicted molar refractivity (Wildman–Crippen MR) is 634 cm³/mol. The van der Waals surface area contributed by atoms with Crippen LogP contribution in [0.2, 0.25) is 0 Å². The van der Waals surface area contributed by atoms with Crippen molar-refractivity contribution >= 4 is 47.1 Å². The van der Waals surface area contributed by atoms with Crippen LogP contribution in [0.3, 0.4) is 0 Å². The molecule has 0 bridgehead atoms. The van der Waals surface area contributed by atoms with E-state index in [-0.39, 0.29) is 122 Å². The van der Waals surface area contributed by atoms with Crippen LogP contribution in [0, 0.1) is 77.3 Å². The minimum Gasteiger partial charge on any atom is -0.463 e. The molecule has 1 amide bonds. The van der Waals surface area contributed by atoms with Gasteiger partial charge < -0.3 is 64.3 Å². The third-order valence-electron chi connectivity index (χ3n) is 19.4. The van der Waals surface area contributed by atoms with Gasteiger partial charge in [0.2, 0.25) is 12.2 Å². The molecule has 0 saturated heterocycles. The number of amides is 1. The number of rotatable bonds is 43. The Hall–Kier alpha value is -2.79. The number of esters is 3. The molecule has 5 N–H and O–H groups in total. The minimum absolute atomic E-state index is 0. The van der Waals surface area contributed by atoms with E-state index in [0.29, 0.717) is 94.9 Å². The number of aliphatic hydroxyl groups excluding tert-OH is 1. The number of hydrogen-bond acceptors (Lipinski definition) is 19. The lowest BCUT2D eigenvalue weighted by Gasteiger charge is -2.25. The second-order valence-corrected chi connectivity index (χ2v) is 58.8. The molecule has 0 radical (unpaired) electrons. The first kappa shape index (κ1) is 171. The molecule has 0 aliphatic heterocycles. The lowest BCUT2D eigenvalue weighted by molar-refractivity contribution is -0.189. The number of nitrogens with two attached hydrogens (primary N) is 1. The summed E-state index contributed by atoms with van der Waals surface area (Å²) in [5, 5.41) is 15.9. The quantitative estimate of drug-likeness (QED) is 0.0252. The number of thioether (sulfide) groups is 1. The second-order valence-electron chi connectivity index (χ2n) is 57.6. The van der Waals surface area contributed by atoms with E-state index in [2.05, 4.69) is 242 Å². The lowest BCUT2D eigenvalue weighted by Crippen LogP contribution is -2.39. The molecule has 0 spiro atoms. The number of ketones is 2. The van der Waals surface area contributed by atoms with Crippen molar-refractivity contribution in [2.75, 3.05) is 84.4 Å². The van der Waals surface area contributed by atoms with Gasteiger partial charge in [-0.05, 0) is 321 Å². The molecule has 0 aliphatic rings. The van der Waals surface area contributed by atoms with Gasteiger partial charge in [-0.25, -0.2) is 0 Å². The summed E-state index contributed by atoms with van der Waals surface area (Å²) in [6.45, 7) is 128. The standard InChI is InChI=1S/C15H33N.C14H30O.C14H30S.C13H25NO2.C12H25NO2.C11H25N.C11H24O3.C11H24O.C10H18O4.C8H16O2.4CH4/c1-14(2,3)10-8-12-16(7)13-9-11-15(4,5)6;2*1-13(2,3)9-7-11-15-12-8-10-14(4,5)6;1-12(2,3)10(15)8-7-9(14)11(16)13(4,5)6;1-11(2,3)10(14)13-8-7-9-15-12(4,5)6;1-10(2,3)8-7-9-12-11(4,5)6;1-10(2,3)13-7-9(12)8-14-11(4,5)6;1-10(2,3)8-7-9-12-11(4,5)6;1-6(2)9(11)13-8(5)14-10(12)7(3)4;1-6(2)5-8(9)10-7(3)4;;;;/h8-13H2,1-7H3;2*7-12H2,1-6H3;9H,7-8,14H2,1-6H3;7-9H2,1-6H3,(H,13,14);12H,7-9H2,1-6H3;9,12H,7-8H2,1-6H3;7-9H2,1-6H3;6-8H,1-5H3;6-7H,5H2,1-4H3;4*1H4. The maximum absolute atomic E-state index is 11.8. The van der Waals surface area contributed by atoms with E-state index in [0.717, 1.165) is 32.8 Å². The Labute approximate surface area is 901 Å². The Morgan fingerprint density at radius 2 is 0.650 bits per heavy atom. The van der Waals surface area contributed by atoms with E-state index in [1.54, 1.807) is 27.7 Å². The zero-order chi connectivity index (χ0) is 112. The van der Waals surface area contributed by atoms with Crippen LogP contribution in [0.4, 0.5) is 0 Å². The van der Waals surface area contributed by atoms with Crippen molar-refractivity contribution in [3.05, 3.63) is 0 Å². The zero-order valence-corrected chi connectivity index (χ0v) is 105. The Morgan fingerprint density at radius 3 is 0.916 bits per heavy atom. The number of aliphatic hydroxyl groups is 1. The van der Waals surface area contributed by atoms with Crippen LogP contribution in [0.25, 0.3) is 0 Å². The third-order valence-corrected chi connectivity index (χ3v) is 20.6. The smallest absolute Gasteiger partial charge is 0.311 e. The molecule has 874 valence electrons. The molecule has 0 aliphatic carbocycles. The van der Waals surface area contributed by atoms with Crippen LogP contribution in [-0.2, 0) is 66.7 Å². The molecule has 0 aromatic heterocycles. The summed E-state index contributed by atoms with van der Waals surface area (Å²) in [6, 6.07) is -0.522. The van der Waals surface area contributed by atoms with Crippen molar-refractivity contribution < 1.29 is 71.8 Å². The zero-order valence-electron chi connectivity index (χ0n) is 104. The summed E-state index contributed by atoms with van der Waals surface area (Å²) in [6.07, 6.45) is 21.6. The van der Waals surface area contributed by atoms with Crippen LogP contribution in [-0.4, -0.2) is 182 Å². The van der Waals surface area contributed by atoms with E-state index < -0.39 is 23.9 Å². The molecular formula is C123H266N4O15S. The number of hydrogen-bond donors (Lipinski definition) is 4. The summed E-state index contributed by atoms with van der Waals surface area (Å²) in [4.78, 5) is 70.4. The van der Waals surface area contributed by atoms with Gasteiger partial charge in [0.15, 0.2) is 5.78 Å². The van der Waals surface area contributed by atoms with Gasteiger partial charge in [-0.15, -0.1) is 0 Å². The van der Waals surface area contributed by atoms with Gasteiger partial charge in [-0.3, -0.25) is 28.8 Å². The number of carbonyl (C=O) groups excluding carboxylic acids is 6. The Morgan fingerprint density at radius 1 is 0.357 bits per heavy atom. The van der Waals surface area contributed by atoms with Crippen LogP contribution in [0.1, 0.15) is 553 Å². The van der Waals surface area contributed by atoms with Gasteiger partial charge in [-0.2, -0.15) is 11.8 Å². The first-order chi connectivity index (χ1) is 61.5. The summed E-state index contributed by atoms with van der Waals surface area (Å²) in [5.41, 5.74) is 8.39. The Balaban J connectivity index is -0.000000108. The molecule has 0 rings (SSSR count). The number of Topliss-reactive ketones (excluding diaryl/α,β-unsaturated/α-hetero) is 2. The maximum atomic E-state index is 11.8. The van der Waals surface area contributed by atoms with E-state index in [4.69, 9.17) is 43.6 Å². The average molecular weight is 2070 g/mol. The van der Waals surface area contributed by atoms with Crippen molar-refractivity contribution in [1.29, 1.82) is 0 Å². The van der Waals surface area contributed by atoms with Gasteiger partial charge in [0.1, 0.15) is 11.9 Å². The van der Waals surface area contributed by atoms with Crippen LogP contribution in [0.5, 0.6) is 0 Å². The molecule has 143 heavy (non-hydrogen) atoms. The van der Waals surface area contributed by atoms with Gasteiger partial charge in [0.05, 0.1) is 59.6 Å². The van der Waals surface area contributed by atoms with Crippen LogP contribution in [0.15, 0.2) is 0 Å². The van der Waals surface area contributed by atoms with Crippen molar-refractivity contribution in [2.45, 2.75) is 605 Å². The molecule has 1 unspecified atom stereocenters. The monoisotopic (exact) mass is 2070 g/mol. The number of ether oxygens (including phenoxy) is 8. The number of nitrogens with zero attached hydrogens (tertiary/aromatic N) is 1. The predicted octanol–water partition coefficient (Wildman–Crippen LogP) is 34.3. The fourth-order valence-electron chi connectivity index (χ4n) is 11.2. The lowest BCUT2D eigenvalue weighted by atomic mass is 9.83. The largest absolute Gasteiger partial charge is 0.463 e. The highest BCUT2D eigenvalue weighted by Crippen LogP contribution is 2.30. The third kappa shape index (κ3) is 167. The summed E-state index contributed by atoms with van der Waals surface area (Å²) >= 11 is 2.13. The van der Waals surface area contributed by atoms with E-state index in [1.165, 1.54) is 134 Å². The molecule has 0 fully saturated rings. The van der Waals surface area contributed by atoms with E-state index >= 15 is 0 Å². The topological polar surface area (TPSA) is 250 Å². The van der Waals surface area contributed by atoms with Crippen molar-refractivity contribution in [2.24, 2.45) is 83.1 Å². The molecule has 19 nitrogen and oxygen atoms in total. The van der Waals surface area contributed by atoms with Crippen molar-refractivity contribution in [3.8, 4) is 0 Å². The second kappa shape index (κ2) is 83.7. The van der Waals surface area contributed by atoms with Gasteiger partial charge in [0, 0.05) is 74.5 Å². The fraction of sp³-hybridized carbons (Fsp3) is 0.951. The molecular weight excluding hydrogens is 1810 g/mol. The molecule has 0 aromatic carbocycles. The van der Waals surface area contributed by atoms with Crippen molar-refractivity contribution in [3.63, 3.8) is 0 Å². The molecule has 0 saturated carbocycles. The van der Waals surface area contributed by atoms with Crippen LogP contribution >= 0.6 is 11.8 Å². The number of nitrogens with one attached hydrogen (secondary N) is 2. The number of carbonyl (C=O) groups is 6.